The third kappa shape index (κ3) is 5.58. The number of hydrogen-bond donors (Lipinski definition) is 0. The molecule has 142 valence electrons. The maximum atomic E-state index is 8.92. The predicted molar refractivity (Wildman–Crippen MR) is 107 cm³/mol. The summed E-state index contributed by atoms with van der Waals surface area (Å²) in [7, 11) is 0. The van der Waals surface area contributed by atoms with Crippen molar-refractivity contribution in [3.05, 3.63) is 35.4 Å². The Morgan fingerprint density at radius 2 is 1.58 bits per heavy atom. The van der Waals surface area contributed by atoms with E-state index in [2.05, 4.69) is 25.1 Å². The first-order valence-electron chi connectivity index (χ1n) is 10.9. The molecule has 0 heterocycles. The Hall–Kier alpha value is -1.33. The average Bonchev–Trinajstić information content (AvgIpc) is 2.72. The zero-order valence-corrected chi connectivity index (χ0v) is 16.5. The highest BCUT2D eigenvalue weighted by Gasteiger charge is 2.23. The molecule has 1 aromatic rings. The third-order valence-electron chi connectivity index (χ3n) is 6.84. The van der Waals surface area contributed by atoms with Gasteiger partial charge in [0.15, 0.2) is 0 Å². The molecule has 3 rings (SSSR count). The lowest BCUT2D eigenvalue weighted by molar-refractivity contribution is 0.0205. The molecule has 0 aliphatic heterocycles. The highest BCUT2D eigenvalue weighted by atomic mass is 16.5. The standard InChI is InChI=1S/C24H35NO/c1-2-19-5-7-20(8-6-19)4-3-17-26-24-15-13-23(14-16-24)22-11-9-21(18-25)10-12-22/h9-12,19-20,23-24H,2-8,13-17H2,1H3. The van der Waals surface area contributed by atoms with Crippen molar-refractivity contribution in [2.45, 2.75) is 89.6 Å². The van der Waals surface area contributed by atoms with E-state index in [1.807, 2.05) is 12.1 Å². The number of nitriles is 1. The second-order valence-electron chi connectivity index (χ2n) is 8.52. The lowest BCUT2D eigenvalue weighted by Crippen LogP contribution is -2.21. The van der Waals surface area contributed by atoms with Gasteiger partial charge >= 0.3 is 0 Å². The number of hydrogen-bond acceptors (Lipinski definition) is 2. The quantitative estimate of drug-likeness (QED) is 0.517. The third-order valence-corrected chi connectivity index (χ3v) is 6.84. The molecule has 26 heavy (non-hydrogen) atoms. The zero-order valence-electron chi connectivity index (χ0n) is 16.5. The summed E-state index contributed by atoms with van der Waals surface area (Å²) in [5.74, 6) is 2.62. The Kier molecular flexibility index (Phi) is 7.56. The molecule has 0 atom stereocenters. The van der Waals surface area contributed by atoms with Gasteiger partial charge in [0.2, 0.25) is 0 Å². The van der Waals surface area contributed by atoms with E-state index >= 15 is 0 Å². The SMILES string of the molecule is CCC1CCC(CCCOC2CCC(c3ccc(C#N)cc3)CC2)CC1. The molecule has 2 fully saturated rings. The second-order valence-corrected chi connectivity index (χ2v) is 8.52. The van der Waals surface area contributed by atoms with E-state index in [9.17, 15) is 0 Å². The minimum Gasteiger partial charge on any atom is -0.378 e. The Labute approximate surface area is 159 Å². The fourth-order valence-corrected chi connectivity index (χ4v) is 4.94. The van der Waals surface area contributed by atoms with E-state index < -0.39 is 0 Å². The van der Waals surface area contributed by atoms with Gasteiger partial charge < -0.3 is 4.74 Å². The fraction of sp³-hybridized carbons (Fsp3) is 0.708. The summed E-state index contributed by atoms with van der Waals surface area (Å²) in [4.78, 5) is 0. The minimum atomic E-state index is 0.473. The Morgan fingerprint density at radius 1 is 0.923 bits per heavy atom. The van der Waals surface area contributed by atoms with Gasteiger partial charge in [-0.1, -0.05) is 51.2 Å². The Balaban J connectivity index is 1.29. The molecule has 0 N–H and O–H groups in total. The van der Waals surface area contributed by atoms with Gasteiger partial charge in [0.05, 0.1) is 17.7 Å². The highest BCUT2D eigenvalue weighted by Crippen LogP contribution is 2.35. The van der Waals surface area contributed by atoms with Crippen LogP contribution in [0.2, 0.25) is 0 Å². The summed E-state index contributed by atoms with van der Waals surface area (Å²) < 4.78 is 6.19. The van der Waals surface area contributed by atoms with Gasteiger partial charge in [-0.15, -0.1) is 0 Å². The van der Waals surface area contributed by atoms with Crippen LogP contribution in [0.3, 0.4) is 0 Å². The summed E-state index contributed by atoms with van der Waals surface area (Å²) in [5.41, 5.74) is 2.15. The van der Waals surface area contributed by atoms with Gasteiger partial charge in [0.1, 0.15) is 0 Å². The summed E-state index contributed by atoms with van der Waals surface area (Å²) in [6.45, 7) is 3.30. The molecule has 0 unspecified atom stereocenters. The number of ether oxygens (including phenoxy) is 1. The van der Waals surface area contributed by atoms with E-state index in [0.29, 0.717) is 12.0 Å². The molecule has 2 aliphatic carbocycles. The fourth-order valence-electron chi connectivity index (χ4n) is 4.94. The monoisotopic (exact) mass is 353 g/mol. The highest BCUT2D eigenvalue weighted by molar-refractivity contribution is 5.33. The largest absolute Gasteiger partial charge is 0.378 e. The molecule has 2 aliphatic rings. The van der Waals surface area contributed by atoms with E-state index in [1.165, 1.54) is 76.2 Å². The molecule has 0 saturated heterocycles. The molecule has 0 spiro atoms. The maximum absolute atomic E-state index is 8.92. The van der Waals surface area contributed by atoms with Gasteiger partial charge in [0.25, 0.3) is 0 Å². The smallest absolute Gasteiger partial charge is 0.0991 e. The van der Waals surface area contributed by atoms with Crippen molar-refractivity contribution in [1.29, 1.82) is 5.26 Å². The van der Waals surface area contributed by atoms with E-state index in [0.717, 1.165) is 24.0 Å². The predicted octanol–water partition coefficient (Wildman–Crippen LogP) is 6.60. The maximum Gasteiger partial charge on any atom is 0.0991 e. The van der Waals surface area contributed by atoms with Crippen molar-refractivity contribution in [2.75, 3.05) is 6.61 Å². The van der Waals surface area contributed by atoms with Crippen LogP contribution in [0.15, 0.2) is 24.3 Å². The minimum absolute atomic E-state index is 0.473. The van der Waals surface area contributed by atoms with Gasteiger partial charge in [-0.25, -0.2) is 0 Å². The van der Waals surface area contributed by atoms with Crippen molar-refractivity contribution < 1.29 is 4.74 Å². The molecule has 0 radical (unpaired) electrons. The first kappa shape index (κ1) is 19.4. The molecule has 2 nitrogen and oxygen atoms in total. The molecule has 0 amide bonds. The van der Waals surface area contributed by atoms with Crippen molar-refractivity contribution >= 4 is 0 Å². The molecular weight excluding hydrogens is 318 g/mol. The van der Waals surface area contributed by atoms with Crippen LogP contribution < -0.4 is 0 Å². The van der Waals surface area contributed by atoms with Gasteiger partial charge in [-0.2, -0.15) is 5.26 Å². The van der Waals surface area contributed by atoms with Crippen LogP contribution in [0.5, 0.6) is 0 Å². The normalized spacial score (nSPS) is 29.2. The Morgan fingerprint density at radius 3 is 2.19 bits per heavy atom. The molecule has 2 heteroatoms. The van der Waals surface area contributed by atoms with Crippen molar-refractivity contribution in [3.8, 4) is 6.07 Å². The van der Waals surface area contributed by atoms with Crippen molar-refractivity contribution in [2.24, 2.45) is 11.8 Å². The lowest BCUT2D eigenvalue weighted by Gasteiger charge is -2.30. The lowest BCUT2D eigenvalue weighted by atomic mass is 9.79. The first-order chi connectivity index (χ1) is 12.8. The molecule has 2 saturated carbocycles. The van der Waals surface area contributed by atoms with E-state index in [-0.39, 0.29) is 0 Å². The molecular formula is C24H35NO. The molecule has 0 aromatic heterocycles. The summed E-state index contributed by atoms with van der Waals surface area (Å²) in [6.07, 6.45) is 15.1. The van der Waals surface area contributed by atoms with Crippen LogP contribution in [0, 0.1) is 23.2 Å². The van der Waals surface area contributed by atoms with E-state index in [4.69, 9.17) is 10.00 Å². The summed E-state index contributed by atoms with van der Waals surface area (Å²) in [5, 5.41) is 8.92. The van der Waals surface area contributed by atoms with E-state index in [1.54, 1.807) is 0 Å². The molecule has 1 aromatic carbocycles. The van der Waals surface area contributed by atoms with Gasteiger partial charge in [0, 0.05) is 6.61 Å². The van der Waals surface area contributed by atoms with Gasteiger partial charge in [-0.05, 0) is 74.0 Å². The number of nitrogens with zero attached hydrogens (tertiary/aromatic N) is 1. The van der Waals surface area contributed by atoms with Crippen molar-refractivity contribution in [3.63, 3.8) is 0 Å². The molecule has 0 bridgehead atoms. The zero-order chi connectivity index (χ0) is 18.2. The average molecular weight is 354 g/mol. The van der Waals surface area contributed by atoms with Crippen LogP contribution in [-0.4, -0.2) is 12.7 Å². The van der Waals surface area contributed by atoms with Crippen LogP contribution in [0.4, 0.5) is 0 Å². The number of benzene rings is 1. The van der Waals surface area contributed by atoms with Gasteiger partial charge in [-0.3, -0.25) is 0 Å². The first-order valence-corrected chi connectivity index (χ1v) is 10.9. The van der Waals surface area contributed by atoms with Crippen LogP contribution in [0.25, 0.3) is 0 Å². The van der Waals surface area contributed by atoms with Crippen LogP contribution in [-0.2, 0) is 4.74 Å². The van der Waals surface area contributed by atoms with Crippen LogP contribution >= 0.6 is 0 Å². The van der Waals surface area contributed by atoms with Crippen LogP contribution in [0.1, 0.15) is 94.6 Å². The topological polar surface area (TPSA) is 33.0 Å². The Bertz CT molecular complexity index is 557. The summed E-state index contributed by atoms with van der Waals surface area (Å²) >= 11 is 0. The summed E-state index contributed by atoms with van der Waals surface area (Å²) in [6, 6.07) is 10.4. The van der Waals surface area contributed by atoms with Crippen molar-refractivity contribution in [1.82, 2.24) is 0 Å². The number of rotatable bonds is 7. The second kappa shape index (κ2) is 10.1.